The second kappa shape index (κ2) is 7.73. The summed E-state index contributed by atoms with van der Waals surface area (Å²) in [6.45, 7) is 6.29. The Labute approximate surface area is 111 Å². The first-order chi connectivity index (χ1) is 8.63. The van der Waals surface area contributed by atoms with Crippen LogP contribution in [0.5, 0.6) is 0 Å². The van der Waals surface area contributed by atoms with E-state index in [1.54, 1.807) is 7.11 Å². The predicted octanol–water partition coefficient (Wildman–Crippen LogP) is 1.63. The molecule has 1 aliphatic heterocycles. The molecule has 0 aromatic heterocycles. The highest BCUT2D eigenvalue weighted by Gasteiger charge is 2.23. The zero-order valence-corrected chi connectivity index (χ0v) is 12.0. The number of nitrogens with zero attached hydrogens (tertiary/aromatic N) is 2. The first kappa shape index (κ1) is 15.4. The summed E-state index contributed by atoms with van der Waals surface area (Å²) in [7, 11) is 3.64. The summed E-state index contributed by atoms with van der Waals surface area (Å²) in [6.07, 6.45) is 4.54. The van der Waals surface area contributed by atoms with Gasteiger partial charge in [-0.1, -0.05) is 0 Å². The molecule has 18 heavy (non-hydrogen) atoms. The van der Waals surface area contributed by atoms with Crippen LogP contribution in [0.1, 0.15) is 32.6 Å². The number of likely N-dealkylation sites (tertiary alicyclic amines) is 1. The maximum Gasteiger partial charge on any atom is 0.103 e. The molecule has 2 atom stereocenters. The van der Waals surface area contributed by atoms with Crippen molar-refractivity contribution in [1.82, 2.24) is 10.2 Å². The topological polar surface area (TPSA) is 48.3 Å². The lowest BCUT2D eigenvalue weighted by Crippen LogP contribution is -2.41. The average Bonchev–Trinajstić information content (AvgIpc) is 2.39. The number of nitriles is 1. The Morgan fingerprint density at radius 2 is 2.33 bits per heavy atom. The van der Waals surface area contributed by atoms with E-state index >= 15 is 0 Å². The summed E-state index contributed by atoms with van der Waals surface area (Å²) >= 11 is 0. The molecule has 0 saturated carbocycles. The van der Waals surface area contributed by atoms with E-state index in [1.807, 2.05) is 14.0 Å². The molecule has 2 unspecified atom stereocenters. The van der Waals surface area contributed by atoms with Crippen LogP contribution in [0.4, 0.5) is 0 Å². The zero-order valence-electron chi connectivity index (χ0n) is 12.0. The number of nitrogens with one attached hydrogen (secondary N) is 1. The number of hydrogen-bond donors (Lipinski definition) is 1. The fourth-order valence-electron chi connectivity index (χ4n) is 2.62. The van der Waals surface area contributed by atoms with Gasteiger partial charge in [-0.3, -0.25) is 0 Å². The highest BCUT2D eigenvalue weighted by Crippen LogP contribution is 2.18. The smallest absolute Gasteiger partial charge is 0.103 e. The number of piperidine rings is 1. The fraction of sp³-hybridized carbons (Fsp3) is 0.929. The van der Waals surface area contributed by atoms with Crippen LogP contribution in [-0.2, 0) is 4.74 Å². The average molecular weight is 253 g/mol. The molecule has 0 radical (unpaired) electrons. The van der Waals surface area contributed by atoms with E-state index in [1.165, 1.54) is 19.4 Å². The summed E-state index contributed by atoms with van der Waals surface area (Å²) < 4.78 is 5.24. The van der Waals surface area contributed by atoms with Crippen LogP contribution in [0, 0.1) is 17.2 Å². The van der Waals surface area contributed by atoms with Gasteiger partial charge in [-0.05, 0) is 58.7 Å². The van der Waals surface area contributed by atoms with E-state index in [0.29, 0.717) is 5.92 Å². The molecule has 104 valence electrons. The summed E-state index contributed by atoms with van der Waals surface area (Å²) in [4.78, 5) is 2.51. The Hall–Kier alpha value is -0.630. The van der Waals surface area contributed by atoms with Gasteiger partial charge in [-0.2, -0.15) is 5.26 Å². The Kier molecular flexibility index (Phi) is 6.62. The normalized spacial score (nSPS) is 24.4. The Balaban J connectivity index is 2.25. The third-order valence-corrected chi connectivity index (χ3v) is 3.96. The maximum absolute atomic E-state index is 9.09. The van der Waals surface area contributed by atoms with Crippen molar-refractivity contribution in [1.29, 1.82) is 5.26 Å². The van der Waals surface area contributed by atoms with Crippen LogP contribution in [0.15, 0.2) is 0 Å². The van der Waals surface area contributed by atoms with Gasteiger partial charge in [-0.15, -0.1) is 0 Å². The van der Waals surface area contributed by atoms with Crippen molar-refractivity contribution in [3.63, 3.8) is 0 Å². The third-order valence-electron chi connectivity index (χ3n) is 3.96. The zero-order chi connectivity index (χ0) is 13.4. The minimum atomic E-state index is -0.373. The standard InChI is InChI=1S/C14H27N3O/c1-14(12-15,16-2)7-5-9-17-8-4-6-13(10-17)11-18-3/h13,16H,4-11H2,1-3H3. The van der Waals surface area contributed by atoms with E-state index in [2.05, 4.69) is 16.3 Å². The first-order valence-corrected chi connectivity index (χ1v) is 6.95. The van der Waals surface area contributed by atoms with E-state index < -0.39 is 0 Å². The molecule has 1 aliphatic rings. The van der Waals surface area contributed by atoms with Gasteiger partial charge < -0.3 is 15.0 Å². The van der Waals surface area contributed by atoms with Gasteiger partial charge in [-0.25, -0.2) is 0 Å². The van der Waals surface area contributed by atoms with Crippen LogP contribution in [0.25, 0.3) is 0 Å². The van der Waals surface area contributed by atoms with Crippen LogP contribution in [0.3, 0.4) is 0 Å². The van der Waals surface area contributed by atoms with Gasteiger partial charge in [0.05, 0.1) is 12.7 Å². The summed E-state index contributed by atoms with van der Waals surface area (Å²) in [6, 6.07) is 2.35. The van der Waals surface area contributed by atoms with Gasteiger partial charge in [0.1, 0.15) is 5.54 Å². The summed E-state index contributed by atoms with van der Waals surface area (Å²) in [5.41, 5.74) is -0.373. The molecule has 1 saturated heterocycles. The first-order valence-electron chi connectivity index (χ1n) is 6.95. The predicted molar refractivity (Wildman–Crippen MR) is 73.4 cm³/mol. The van der Waals surface area contributed by atoms with Crippen molar-refractivity contribution >= 4 is 0 Å². The van der Waals surface area contributed by atoms with Crippen LogP contribution < -0.4 is 5.32 Å². The van der Waals surface area contributed by atoms with Crippen molar-refractivity contribution in [2.45, 2.75) is 38.1 Å². The van der Waals surface area contributed by atoms with Gasteiger partial charge >= 0.3 is 0 Å². The highest BCUT2D eigenvalue weighted by molar-refractivity contribution is 5.02. The second-order valence-electron chi connectivity index (χ2n) is 5.56. The largest absolute Gasteiger partial charge is 0.384 e. The monoisotopic (exact) mass is 253 g/mol. The van der Waals surface area contributed by atoms with Crippen molar-refractivity contribution < 1.29 is 4.74 Å². The molecule has 0 amide bonds. The van der Waals surface area contributed by atoms with E-state index in [0.717, 1.165) is 32.5 Å². The lowest BCUT2D eigenvalue weighted by atomic mass is 9.96. The van der Waals surface area contributed by atoms with Crippen molar-refractivity contribution in [2.75, 3.05) is 40.4 Å². The lowest BCUT2D eigenvalue weighted by Gasteiger charge is -2.33. The van der Waals surface area contributed by atoms with Gasteiger partial charge in [0.2, 0.25) is 0 Å². The van der Waals surface area contributed by atoms with Crippen LogP contribution in [0.2, 0.25) is 0 Å². The van der Waals surface area contributed by atoms with E-state index in [-0.39, 0.29) is 5.54 Å². The van der Waals surface area contributed by atoms with E-state index in [4.69, 9.17) is 10.00 Å². The molecule has 0 aromatic rings. The SMILES string of the molecule is CNC(C)(C#N)CCCN1CCCC(COC)C1. The number of rotatable bonds is 7. The van der Waals surface area contributed by atoms with Crippen molar-refractivity contribution in [3.05, 3.63) is 0 Å². The highest BCUT2D eigenvalue weighted by atomic mass is 16.5. The Morgan fingerprint density at radius 3 is 2.94 bits per heavy atom. The summed E-state index contributed by atoms with van der Waals surface area (Å²) in [5, 5.41) is 12.2. The number of ether oxygens (including phenoxy) is 1. The minimum absolute atomic E-state index is 0.373. The molecule has 1 fully saturated rings. The fourth-order valence-corrected chi connectivity index (χ4v) is 2.62. The van der Waals surface area contributed by atoms with Crippen LogP contribution >= 0.6 is 0 Å². The third kappa shape index (κ3) is 4.93. The molecule has 0 aromatic carbocycles. The molecule has 1 heterocycles. The number of hydrogen-bond acceptors (Lipinski definition) is 4. The van der Waals surface area contributed by atoms with Crippen molar-refractivity contribution in [3.8, 4) is 6.07 Å². The molecular formula is C14H27N3O. The van der Waals surface area contributed by atoms with E-state index in [9.17, 15) is 0 Å². The molecule has 0 bridgehead atoms. The quantitative estimate of drug-likeness (QED) is 0.749. The Morgan fingerprint density at radius 1 is 1.56 bits per heavy atom. The lowest BCUT2D eigenvalue weighted by molar-refractivity contribution is 0.0892. The van der Waals surface area contributed by atoms with Gasteiger partial charge in [0.15, 0.2) is 0 Å². The molecular weight excluding hydrogens is 226 g/mol. The van der Waals surface area contributed by atoms with Crippen molar-refractivity contribution in [2.24, 2.45) is 5.92 Å². The molecule has 0 aliphatic carbocycles. The summed E-state index contributed by atoms with van der Waals surface area (Å²) in [5.74, 6) is 0.690. The molecule has 0 spiro atoms. The molecule has 1 rings (SSSR count). The molecule has 4 nitrogen and oxygen atoms in total. The Bertz CT molecular complexity index is 275. The maximum atomic E-state index is 9.09. The molecule has 1 N–H and O–H groups in total. The van der Waals surface area contributed by atoms with Gasteiger partial charge in [0.25, 0.3) is 0 Å². The van der Waals surface area contributed by atoms with Crippen LogP contribution in [-0.4, -0.2) is 50.8 Å². The number of methoxy groups -OCH3 is 1. The minimum Gasteiger partial charge on any atom is -0.384 e. The second-order valence-corrected chi connectivity index (χ2v) is 5.56. The van der Waals surface area contributed by atoms with Gasteiger partial charge in [0, 0.05) is 13.7 Å². The molecule has 4 heteroatoms.